The monoisotopic (exact) mass is 850 g/mol. The lowest BCUT2D eigenvalue weighted by Crippen LogP contribution is -2.65. The van der Waals surface area contributed by atoms with Crippen molar-refractivity contribution in [1.29, 1.82) is 0 Å². The molecule has 12 atom stereocenters. The molecule has 0 spiro atoms. The van der Waals surface area contributed by atoms with E-state index >= 15 is 0 Å². The Hall–Kier alpha value is -1.01. The summed E-state index contributed by atoms with van der Waals surface area (Å²) >= 11 is 0. The van der Waals surface area contributed by atoms with E-state index in [9.17, 15) is 45.6 Å². The first kappa shape index (κ1) is 54.1. The van der Waals surface area contributed by atoms with Crippen molar-refractivity contribution >= 4 is 5.91 Å². The highest BCUT2D eigenvalue weighted by Gasteiger charge is 2.51. The Kier molecular flexibility index (Phi) is 30.8. The molecule has 0 bridgehead atoms. The van der Waals surface area contributed by atoms with E-state index in [0.717, 1.165) is 57.8 Å². The van der Waals surface area contributed by atoms with Crippen LogP contribution in [-0.2, 0) is 23.7 Å². The maximum absolute atomic E-state index is 13.0. The van der Waals surface area contributed by atoms with Gasteiger partial charge in [-0.15, -0.1) is 0 Å². The molecule has 59 heavy (non-hydrogen) atoms. The van der Waals surface area contributed by atoms with Crippen molar-refractivity contribution in [3.8, 4) is 0 Å². The summed E-state index contributed by atoms with van der Waals surface area (Å²) in [4.78, 5) is 13.0. The van der Waals surface area contributed by atoms with E-state index in [1.54, 1.807) is 0 Å². The second-order valence-corrected chi connectivity index (χ2v) is 17.2. The molecule has 14 heteroatoms. The lowest BCUT2D eigenvalue weighted by atomic mass is 9.97. The Morgan fingerprint density at radius 2 is 0.966 bits per heavy atom. The van der Waals surface area contributed by atoms with E-state index in [1.165, 1.54) is 103 Å². The number of unbranched alkanes of at least 4 members (excludes halogenated alkanes) is 23. The first-order valence-corrected chi connectivity index (χ1v) is 23.8. The number of nitrogens with one attached hydrogen (secondary N) is 1. The van der Waals surface area contributed by atoms with E-state index in [2.05, 4.69) is 19.2 Å². The third-order valence-corrected chi connectivity index (χ3v) is 12.1. The predicted molar refractivity (Wildman–Crippen MR) is 226 cm³/mol. The van der Waals surface area contributed by atoms with Gasteiger partial charge in [0.15, 0.2) is 12.6 Å². The van der Waals surface area contributed by atoms with E-state index < -0.39 is 86.8 Å². The lowest BCUT2D eigenvalue weighted by Gasteiger charge is -2.46. The Labute approximate surface area is 355 Å². The molecule has 2 aliphatic heterocycles. The molecule has 2 fully saturated rings. The van der Waals surface area contributed by atoms with E-state index in [1.807, 2.05) is 0 Å². The normalized spacial score (nSPS) is 28.4. The highest BCUT2D eigenvalue weighted by molar-refractivity contribution is 5.76. The van der Waals surface area contributed by atoms with E-state index in [4.69, 9.17) is 18.9 Å². The van der Waals surface area contributed by atoms with Crippen LogP contribution in [-0.4, -0.2) is 140 Å². The molecule has 2 heterocycles. The maximum atomic E-state index is 13.0. The van der Waals surface area contributed by atoms with E-state index in [-0.39, 0.29) is 12.5 Å². The molecule has 9 N–H and O–H groups in total. The second kappa shape index (κ2) is 33.5. The fraction of sp³-hybridized carbons (Fsp3) is 0.978. The number of carbonyl (C=O) groups excluding carboxylic acids is 1. The van der Waals surface area contributed by atoms with Gasteiger partial charge in [-0.05, 0) is 12.8 Å². The van der Waals surface area contributed by atoms with Crippen molar-refractivity contribution in [2.45, 2.75) is 261 Å². The number of hydrogen-bond acceptors (Lipinski definition) is 13. The van der Waals surface area contributed by atoms with Gasteiger partial charge in [-0.2, -0.15) is 0 Å². The van der Waals surface area contributed by atoms with Gasteiger partial charge in [0.2, 0.25) is 5.91 Å². The minimum Gasteiger partial charge on any atom is -0.394 e. The topological polar surface area (TPSA) is 228 Å². The van der Waals surface area contributed by atoms with Gasteiger partial charge in [0.05, 0.1) is 32.0 Å². The molecule has 0 radical (unpaired) electrons. The van der Waals surface area contributed by atoms with Crippen LogP contribution in [0.2, 0.25) is 0 Å². The first-order valence-electron chi connectivity index (χ1n) is 23.8. The number of ether oxygens (including phenoxy) is 4. The van der Waals surface area contributed by atoms with Crippen LogP contribution in [0.5, 0.6) is 0 Å². The molecule has 0 aromatic heterocycles. The molecule has 0 aromatic carbocycles. The van der Waals surface area contributed by atoms with Gasteiger partial charge in [0.1, 0.15) is 48.8 Å². The summed E-state index contributed by atoms with van der Waals surface area (Å²) in [5, 5.41) is 86.4. The van der Waals surface area contributed by atoms with Crippen LogP contribution in [0.15, 0.2) is 0 Å². The fourth-order valence-electron chi connectivity index (χ4n) is 8.12. The van der Waals surface area contributed by atoms with Crippen LogP contribution in [0.1, 0.15) is 187 Å². The minimum absolute atomic E-state index is 0.215. The molecule has 350 valence electrons. The van der Waals surface area contributed by atoms with Crippen molar-refractivity contribution in [3.05, 3.63) is 0 Å². The molecule has 0 aliphatic carbocycles. The van der Waals surface area contributed by atoms with Gasteiger partial charge in [0, 0.05) is 6.42 Å². The largest absolute Gasteiger partial charge is 0.394 e. The molecule has 2 rings (SSSR count). The average Bonchev–Trinajstić information content (AvgIpc) is 3.23. The number of hydrogen-bond donors (Lipinski definition) is 9. The second-order valence-electron chi connectivity index (χ2n) is 17.2. The number of carbonyl (C=O) groups is 1. The summed E-state index contributed by atoms with van der Waals surface area (Å²) in [5.74, 6) is -0.215. The zero-order valence-electron chi connectivity index (χ0n) is 36.8. The predicted octanol–water partition coefficient (Wildman–Crippen LogP) is 5.05. The number of aliphatic hydroxyl groups excluding tert-OH is 8. The zero-order chi connectivity index (χ0) is 43.3. The van der Waals surface area contributed by atoms with Crippen molar-refractivity contribution in [2.24, 2.45) is 0 Å². The van der Waals surface area contributed by atoms with Crippen LogP contribution in [0.3, 0.4) is 0 Å². The van der Waals surface area contributed by atoms with Crippen LogP contribution in [0.25, 0.3) is 0 Å². The SMILES string of the molecule is CCCCCCCCCCCCCCCCCCCCCC(O)C(COC1OC(CO)C(OC2OC(CO)C(O)C(O)C2O)C(O)C1O)NC(=O)CCCCCCCC. The Bertz CT molecular complexity index is 1010. The van der Waals surface area contributed by atoms with Gasteiger partial charge in [-0.25, -0.2) is 0 Å². The third-order valence-electron chi connectivity index (χ3n) is 12.1. The molecular weight excluding hydrogens is 762 g/mol. The third kappa shape index (κ3) is 21.8. The van der Waals surface area contributed by atoms with Crippen molar-refractivity contribution in [2.75, 3.05) is 19.8 Å². The van der Waals surface area contributed by atoms with Crippen molar-refractivity contribution < 1.29 is 64.6 Å². The molecule has 12 unspecified atom stereocenters. The van der Waals surface area contributed by atoms with Crippen LogP contribution >= 0.6 is 0 Å². The van der Waals surface area contributed by atoms with Gasteiger partial charge in [0.25, 0.3) is 0 Å². The van der Waals surface area contributed by atoms with Gasteiger partial charge in [-0.3, -0.25) is 4.79 Å². The number of rotatable bonds is 36. The summed E-state index contributed by atoms with van der Waals surface area (Å²) in [6.45, 7) is 2.78. The summed E-state index contributed by atoms with van der Waals surface area (Å²) in [6, 6.07) is -0.818. The maximum Gasteiger partial charge on any atom is 0.220 e. The van der Waals surface area contributed by atoms with Crippen molar-refractivity contribution in [3.63, 3.8) is 0 Å². The highest BCUT2D eigenvalue weighted by Crippen LogP contribution is 2.30. The van der Waals surface area contributed by atoms with Gasteiger partial charge in [-0.1, -0.05) is 168 Å². The zero-order valence-corrected chi connectivity index (χ0v) is 36.8. The smallest absolute Gasteiger partial charge is 0.220 e. The molecule has 0 saturated carbocycles. The Morgan fingerprint density at radius 3 is 1.44 bits per heavy atom. The molecule has 14 nitrogen and oxygen atoms in total. The van der Waals surface area contributed by atoms with E-state index in [0.29, 0.717) is 12.8 Å². The van der Waals surface area contributed by atoms with Gasteiger partial charge >= 0.3 is 0 Å². The quantitative estimate of drug-likeness (QED) is 0.0377. The summed E-state index contributed by atoms with van der Waals surface area (Å²) in [5.41, 5.74) is 0. The van der Waals surface area contributed by atoms with Crippen LogP contribution in [0, 0.1) is 0 Å². The Morgan fingerprint density at radius 1 is 0.542 bits per heavy atom. The lowest BCUT2D eigenvalue weighted by molar-refractivity contribution is -0.359. The molecular formula is C45H87NO13. The van der Waals surface area contributed by atoms with Crippen molar-refractivity contribution in [1.82, 2.24) is 5.32 Å². The minimum atomic E-state index is -1.78. The average molecular weight is 850 g/mol. The first-order chi connectivity index (χ1) is 28.6. The fourth-order valence-corrected chi connectivity index (χ4v) is 8.12. The Balaban J connectivity index is 1.78. The summed E-state index contributed by atoms with van der Waals surface area (Å²) in [6.07, 6.45) is 14.4. The van der Waals surface area contributed by atoms with Crippen LogP contribution < -0.4 is 5.32 Å². The molecule has 0 aromatic rings. The summed E-state index contributed by atoms with van der Waals surface area (Å²) in [7, 11) is 0. The highest BCUT2D eigenvalue weighted by atomic mass is 16.7. The molecule has 2 saturated heterocycles. The molecule has 2 aliphatic rings. The van der Waals surface area contributed by atoms with Gasteiger partial charge < -0.3 is 65.1 Å². The summed E-state index contributed by atoms with van der Waals surface area (Å²) < 4.78 is 22.6. The number of amides is 1. The van der Waals surface area contributed by atoms with Crippen LogP contribution in [0.4, 0.5) is 0 Å². The number of aliphatic hydroxyl groups is 8. The molecule has 1 amide bonds. The standard InChI is InChI=1S/C45H87NO13/c1-3-5-7-9-11-12-13-14-15-16-17-18-19-20-21-22-23-24-26-28-34(49)33(46-37(50)29-27-25-10-8-6-4-2)32-56-44-42(55)40(53)43(36(31-48)58-44)59-45-41(54)39(52)38(51)35(30-47)57-45/h33-36,38-45,47-49,51-55H,3-32H2,1-2H3,(H,46,50).